The SMILES string of the molecule is C=C1CCC2C(=C)C(=O)O[C@@H]2C2C(=C)[C@@H](O)CC12. The summed E-state index contributed by atoms with van der Waals surface area (Å²) in [5, 5.41) is 9.99. The van der Waals surface area contributed by atoms with Crippen molar-refractivity contribution in [3.05, 3.63) is 36.5 Å². The lowest BCUT2D eigenvalue weighted by atomic mass is 9.82. The quantitative estimate of drug-likeness (QED) is 0.404. The Morgan fingerprint density at radius 3 is 2.67 bits per heavy atom. The smallest absolute Gasteiger partial charge is 0.334 e. The molecular weight excluding hydrogens is 228 g/mol. The second-order valence-corrected chi connectivity index (χ2v) is 5.66. The highest BCUT2D eigenvalue weighted by Gasteiger charge is 2.52. The third-order valence-electron chi connectivity index (χ3n) is 4.77. The predicted molar refractivity (Wildman–Crippen MR) is 67.6 cm³/mol. The first kappa shape index (κ1) is 11.7. The average Bonchev–Trinajstić information content (AvgIpc) is 2.72. The van der Waals surface area contributed by atoms with Gasteiger partial charge in [-0.25, -0.2) is 4.79 Å². The molecule has 0 radical (unpaired) electrons. The van der Waals surface area contributed by atoms with Crippen LogP contribution in [0.25, 0.3) is 0 Å². The summed E-state index contributed by atoms with van der Waals surface area (Å²) in [5.74, 6) is -0.0128. The van der Waals surface area contributed by atoms with E-state index in [0.717, 1.165) is 24.0 Å². The second-order valence-electron chi connectivity index (χ2n) is 5.66. The molecule has 1 heterocycles. The summed E-state index contributed by atoms with van der Waals surface area (Å²) in [6.45, 7) is 12.0. The number of aliphatic hydroxyl groups excluding tert-OH is 1. The molecule has 1 saturated heterocycles. The van der Waals surface area contributed by atoms with Crippen molar-refractivity contribution in [1.29, 1.82) is 0 Å². The van der Waals surface area contributed by atoms with Crippen LogP contribution in [0, 0.1) is 17.8 Å². The molecule has 3 heteroatoms. The molecule has 2 saturated carbocycles. The zero-order valence-corrected chi connectivity index (χ0v) is 10.4. The van der Waals surface area contributed by atoms with Gasteiger partial charge in [-0.15, -0.1) is 0 Å². The van der Waals surface area contributed by atoms with Crippen LogP contribution < -0.4 is 0 Å². The van der Waals surface area contributed by atoms with Crippen LogP contribution in [-0.4, -0.2) is 23.3 Å². The summed E-state index contributed by atoms with van der Waals surface area (Å²) in [6, 6.07) is 0. The predicted octanol–water partition coefficient (Wildman–Crippen LogP) is 1.99. The van der Waals surface area contributed by atoms with E-state index in [4.69, 9.17) is 4.74 Å². The lowest BCUT2D eigenvalue weighted by Crippen LogP contribution is -2.29. The minimum atomic E-state index is -0.497. The Bertz CT molecular complexity index is 462. The maximum absolute atomic E-state index is 11.7. The van der Waals surface area contributed by atoms with Gasteiger partial charge in [0.1, 0.15) is 6.10 Å². The third-order valence-corrected chi connectivity index (χ3v) is 4.77. The molecule has 2 aliphatic carbocycles. The van der Waals surface area contributed by atoms with Crippen molar-refractivity contribution in [1.82, 2.24) is 0 Å². The van der Waals surface area contributed by atoms with Gasteiger partial charge in [-0.05, 0) is 30.8 Å². The van der Waals surface area contributed by atoms with E-state index in [9.17, 15) is 9.90 Å². The van der Waals surface area contributed by atoms with Crippen molar-refractivity contribution >= 4 is 5.97 Å². The Labute approximate surface area is 107 Å². The van der Waals surface area contributed by atoms with Gasteiger partial charge in [0.05, 0.1) is 6.10 Å². The molecule has 0 spiro atoms. The fourth-order valence-corrected chi connectivity index (χ4v) is 3.70. The van der Waals surface area contributed by atoms with Crippen LogP contribution in [0.3, 0.4) is 0 Å². The van der Waals surface area contributed by atoms with E-state index in [1.807, 2.05) is 0 Å². The Morgan fingerprint density at radius 1 is 1.22 bits per heavy atom. The van der Waals surface area contributed by atoms with E-state index >= 15 is 0 Å². The number of fused-ring (bicyclic) bond motifs is 3. The molecule has 1 N–H and O–H groups in total. The Morgan fingerprint density at radius 2 is 1.94 bits per heavy atom. The maximum atomic E-state index is 11.7. The van der Waals surface area contributed by atoms with Crippen molar-refractivity contribution in [2.45, 2.75) is 31.5 Å². The van der Waals surface area contributed by atoms with Gasteiger partial charge in [0, 0.05) is 17.4 Å². The fraction of sp³-hybridized carbons (Fsp3) is 0.533. The third kappa shape index (κ3) is 1.43. The minimum Gasteiger partial charge on any atom is -0.458 e. The lowest BCUT2D eigenvalue weighted by Gasteiger charge is -2.25. The maximum Gasteiger partial charge on any atom is 0.334 e. The van der Waals surface area contributed by atoms with E-state index in [1.165, 1.54) is 0 Å². The molecule has 0 bridgehead atoms. The lowest BCUT2D eigenvalue weighted by molar-refractivity contribution is -0.141. The van der Waals surface area contributed by atoms with Crippen LogP contribution in [0.2, 0.25) is 0 Å². The number of esters is 1. The van der Waals surface area contributed by atoms with E-state index in [2.05, 4.69) is 19.7 Å². The molecule has 0 aromatic carbocycles. The van der Waals surface area contributed by atoms with Gasteiger partial charge >= 0.3 is 5.97 Å². The normalized spacial score (nSPS) is 43.5. The largest absolute Gasteiger partial charge is 0.458 e. The molecule has 3 aliphatic rings. The van der Waals surface area contributed by atoms with Gasteiger partial charge in [0.15, 0.2) is 0 Å². The summed E-state index contributed by atoms with van der Waals surface area (Å²) in [7, 11) is 0. The van der Waals surface area contributed by atoms with Gasteiger partial charge in [-0.3, -0.25) is 0 Å². The molecule has 3 fully saturated rings. The summed E-state index contributed by atoms with van der Waals surface area (Å²) in [5.41, 5.74) is 2.51. The van der Waals surface area contributed by atoms with Crippen LogP contribution in [0.5, 0.6) is 0 Å². The number of carbonyl (C=O) groups is 1. The molecule has 18 heavy (non-hydrogen) atoms. The number of allylic oxidation sites excluding steroid dienone is 1. The number of hydrogen-bond donors (Lipinski definition) is 1. The molecule has 5 atom stereocenters. The molecule has 0 aromatic rings. The second kappa shape index (κ2) is 3.82. The summed E-state index contributed by atoms with van der Waals surface area (Å²) >= 11 is 0. The molecule has 0 aromatic heterocycles. The van der Waals surface area contributed by atoms with E-state index < -0.39 is 6.10 Å². The topological polar surface area (TPSA) is 46.5 Å². The number of aliphatic hydroxyl groups is 1. The van der Waals surface area contributed by atoms with Crippen LogP contribution in [0.15, 0.2) is 36.5 Å². The van der Waals surface area contributed by atoms with Crippen LogP contribution in [0.4, 0.5) is 0 Å². The molecule has 96 valence electrons. The highest BCUT2D eigenvalue weighted by molar-refractivity contribution is 5.91. The van der Waals surface area contributed by atoms with Gasteiger partial charge in [0.2, 0.25) is 0 Å². The zero-order valence-electron chi connectivity index (χ0n) is 10.4. The summed E-state index contributed by atoms with van der Waals surface area (Å²) in [4.78, 5) is 11.7. The molecule has 3 nitrogen and oxygen atoms in total. The molecule has 3 rings (SSSR count). The van der Waals surface area contributed by atoms with Crippen molar-refractivity contribution in [2.75, 3.05) is 0 Å². The highest BCUT2D eigenvalue weighted by Crippen LogP contribution is 2.51. The first-order chi connectivity index (χ1) is 8.50. The van der Waals surface area contributed by atoms with Crippen molar-refractivity contribution < 1.29 is 14.6 Å². The molecular formula is C15H18O3. The highest BCUT2D eigenvalue weighted by atomic mass is 16.6. The Balaban J connectivity index is 2.01. The number of carbonyl (C=O) groups excluding carboxylic acids is 1. The van der Waals surface area contributed by atoms with Crippen LogP contribution in [-0.2, 0) is 9.53 Å². The van der Waals surface area contributed by atoms with Crippen LogP contribution in [0.1, 0.15) is 19.3 Å². The monoisotopic (exact) mass is 246 g/mol. The number of hydrogen-bond acceptors (Lipinski definition) is 3. The average molecular weight is 246 g/mol. The Hall–Kier alpha value is -1.35. The molecule has 3 unspecified atom stereocenters. The van der Waals surface area contributed by atoms with E-state index in [0.29, 0.717) is 12.0 Å². The first-order valence-corrected chi connectivity index (χ1v) is 6.45. The molecule has 0 amide bonds. The number of rotatable bonds is 0. The molecule has 1 aliphatic heterocycles. The van der Waals surface area contributed by atoms with Crippen molar-refractivity contribution in [3.8, 4) is 0 Å². The fourth-order valence-electron chi connectivity index (χ4n) is 3.70. The van der Waals surface area contributed by atoms with Gasteiger partial charge < -0.3 is 9.84 Å². The van der Waals surface area contributed by atoms with Crippen molar-refractivity contribution in [3.63, 3.8) is 0 Å². The number of ether oxygens (including phenoxy) is 1. The van der Waals surface area contributed by atoms with Gasteiger partial charge in [-0.2, -0.15) is 0 Å². The van der Waals surface area contributed by atoms with Gasteiger partial charge in [0.25, 0.3) is 0 Å². The first-order valence-electron chi connectivity index (χ1n) is 6.45. The summed E-state index contributed by atoms with van der Waals surface area (Å²) in [6.07, 6.45) is 1.71. The summed E-state index contributed by atoms with van der Waals surface area (Å²) < 4.78 is 5.49. The minimum absolute atomic E-state index is 0.0169. The van der Waals surface area contributed by atoms with Crippen molar-refractivity contribution in [2.24, 2.45) is 17.8 Å². The van der Waals surface area contributed by atoms with Gasteiger partial charge in [-0.1, -0.05) is 25.3 Å². The van der Waals surface area contributed by atoms with Crippen LogP contribution >= 0.6 is 0 Å². The Kier molecular flexibility index (Phi) is 2.49. The van der Waals surface area contributed by atoms with E-state index in [1.54, 1.807) is 0 Å². The standard InChI is InChI=1S/C15H18O3/c1-7-4-5-10-8(2)15(17)18-14(10)13-9(3)12(16)6-11(7)13/h10-14,16H,1-6H2/t10?,11?,12-,13?,14-/m0/s1. The van der Waals surface area contributed by atoms with E-state index in [-0.39, 0.29) is 29.8 Å². The zero-order chi connectivity index (χ0) is 13.0.